The minimum Gasteiger partial charge on any atom is -0.497 e. The lowest BCUT2D eigenvalue weighted by atomic mass is 10.2. The van der Waals surface area contributed by atoms with Crippen LogP contribution in [0.3, 0.4) is 0 Å². The summed E-state index contributed by atoms with van der Waals surface area (Å²) in [5.74, 6) is 0.194. The Morgan fingerprint density at radius 1 is 0.903 bits per heavy atom. The first kappa shape index (κ1) is 22.2. The van der Waals surface area contributed by atoms with Gasteiger partial charge < -0.3 is 10.1 Å². The van der Waals surface area contributed by atoms with Gasteiger partial charge in [-0.25, -0.2) is 8.42 Å². The summed E-state index contributed by atoms with van der Waals surface area (Å²) in [6.45, 7) is 0. The molecule has 1 amide bonds. The van der Waals surface area contributed by atoms with Crippen molar-refractivity contribution in [1.29, 1.82) is 0 Å². The van der Waals surface area contributed by atoms with Gasteiger partial charge in [0.1, 0.15) is 5.75 Å². The van der Waals surface area contributed by atoms with Crippen LogP contribution in [-0.2, 0) is 16.2 Å². The third kappa shape index (κ3) is 5.54. The van der Waals surface area contributed by atoms with Gasteiger partial charge >= 0.3 is 6.18 Å². The molecule has 0 saturated carbocycles. The van der Waals surface area contributed by atoms with Crippen LogP contribution >= 0.6 is 0 Å². The topological polar surface area (TPSA) is 84.5 Å². The smallest absolute Gasteiger partial charge is 0.416 e. The third-order valence-corrected chi connectivity index (χ3v) is 5.61. The first-order valence-corrected chi connectivity index (χ1v) is 10.3. The molecule has 3 aromatic rings. The van der Waals surface area contributed by atoms with Crippen LogP contribution in [0.1, 0.15) is 15.9 Å². The second kappa shape index (κ2) is 8.68. The maximum Gasteiger partial charge on any atom is 0.416 e. The van der Waals surface area contributed by atoms with Gasteiger partial charge in [-0.15, -0.1) is 0 Å². The van der Waals surface area contributed by atoms with Crippen molar-refractivity contribution in [2.24, 2.45) is 0 Å². The van der Waals surface area contributed by atoms with Crippen molar-refractivity contribution in [3.63, 3.8) is 0 Å². The van der Waals surface area contributed by atoms with E-state index in [4.69, 9.17) is 4.74 Å². The molecule has 0 spiro atoms. The summed E-state index contributed by atoms with van der Waals surface area (Å²) in [6, 6.07) is 15.5. The number of carbonyl (C=O) groups is 1. The zero-order valence-corrected chi connectivity index (χ0v) is 16.9. The molecule has 3 aromatic carbocycles. The number of methoxy groups -OCH3 is 1. The summed E-state index contributed by atoms with van der Waals surface area (Å²) in [4.78, 5) is 12.1. The zero-order valence-electron chi connectivity index (χ0n) is 16.1. The first-order valence-electron chi connectivity index (χ1n) is 8.84. The molecular weight excluding hydrogens is 433 g/mol. The number of nitrogens with one attached hydrogen (secondary N) is 2. The number of alkyl halides is 3. The predicted octanol–water partition coefficient (Wildman–Crippen LogP) is 4.77. The number of hydrogen-bond acceptors (Lipinski definition) is 4. The van der Waals surface area contributed by atoms with Crippen LogP contribution in [0.2, 0.25) is 0 Å². The van der Waals surface area contributed by atoms with E-state index < -0.39 is 27.7 Å². The van der Waals surface area contributed by atoms with Gasteiger partial charge in [0.05, 0.1) is 17.6 Å². The van der Waals surface area contributed by atoms with E-state index in [1.54, 1.807) is 24.3 Å². The maximum atomic E-state index is 12.8. The van der Waals surface area contributed by atoms with Gasteiger partial charge in [-0.2, -0.15) is 13.2 Å². The molecule has 0 saturated heterocycles. The van der Waals surface area contributed by atoms with Gasteiger partial charge in [-0.1, -0.05) is 6.07 Å². The van der Waals surface area contributed by atoms with E-state index in [9.17, 15) is 26.4 Å². The Labute approximate surface area is 176 Å². The number of benzene rings is 3. The molecule has 31 heavy (non-hydrogen) atoms. The molecule has 162 valence electrons. The Hall–Kier alpha value is -3.53. The average molecular weight is 450 g/mol. The summed E-state index contributed by atoms with van der Waals surface area (Å²) in [6.07, 6.45) is -4.59. The summed E-state index contributed by atoms with van der Waals surface area (Å²) in [5.41, 5.74) is -0.460. The van der Waals surface area contributed by atoms with Gasteiger partial charge in [0, 0.05) is 16.9 Å². The maximum absolute atomic E-state index is 12.8. The molecule has 10 heteroatoms. The molecular formula is C21H17F3N2O4S. The van der Waals surface area contributed by atoms with Crippen molar-refractivity contribution in [2.45, 2.75) is 11.1 Å². The highest BCUT2D eigenvalue weighted by atomic mass is 32.2. The molecule has 3 rings (SSSR count). The van der Waals surface area contributed by atoms with Crippen LogP contribution in [0.4, 0.5) is 24.5 Å². The minimum absolute atomic E-state index is 0.174. The van der Waals surface area contributed by atoms with Crippen LogP contribution in [0.25, 0.3) is 0 Å². The molecule has 0 heterocycles. The zero-order chi connectivity index (χ0) is 22.6. The molecule has 0 fully saturated rings. The number of carbonyl (C=O) groups excluding carboxylic acids is 1. The van der Waals surface area contributed by atoms with Crippen LogP contribution in [0.15, 0.2) is 77.7 Å². The SMILES string of the molecule is COc1ccc(C(=O)Nc2ccc(S(=O)(=O)Nc3cccc(C(F)(F)F)c3)cc2)cc1. The van der Waals surface area contributed by atoms with E-state index in [1.807, 2.05) is 0 Å². The summed E-state index contributed by atoms with van der Waals surface area (Å²) >= 11 is 0. The minimum atomic E-state index is -4.59. The summed E-state index contributed by atoms with van der Waals surface area (Å²) < 4.78 is 70.6. The normalized spacial score (nSPS) is 11.6. The standard InChI is InChI=1S/C21H17F3N2O4S/c1-30-18-9-5-14(6-10-18)20(27)25-16-7-11-19(12-8-16)31(28,29)26-17-4-2-3-15(13-17)21(22,23)24/h2-13,26H,1H3,(H,25,27). The lowest BCUT2D eigenvalue weighted by molar-refractivity contribution is -0.137. The fourth-order valence-corrected chi connectivity index (χ4v) is 3.69. The van der Waals surface area contributed by atoms with E-state index in [1.165, 1.54) is 37.4 Å². The summed E-state index contributed by atoms with van der Waals surface area (Å²) in [5, 5.41) is 2.63. The van der Waals surface area contributed by atoms with E-state index >= 15 is 0 Å². The van der Waals surface area contributed by atoms with Crippen molar-refractivity contribution in [2.75, 3.05) is 17.1 Å². The average Bonchev–Trinajstić information content (AvgIpc) is 2.73. The molecule has 0 aliphatic heterocycles. The van der Waals surface area contributed by atoms with Crippen LogP contribution in [0, 0.1) is 0 Å². The number of amides is 1. The number of hydrogen-bond donors (Lipinski definition) is 2. The highest BCUT2D eigenvalue weighted by molar-refractivity contribution is 7.92. The van der Waals surface area contributed by atoms with Gasteiger partial charge in [-0.3, -0.25) is 9.52 Å². The van der Waals surface area contributed by atoms with Crippen LogP contribution in [-0.4, -0.2) is 21.4 Å². The lowest BCUT2D eigenvalue weighted by Crippen LogP contribution is -2.15. The van der Waals surface area contributed by atoms with E-state index in [0.29, 0.717) is 23.1 Å². The number of halogens is 3. The van der Waals surface area contributed by atoms with E-state index in [0.717, 1.165) is 12.1 Å². The molecule has 0 aromatic heterocycles. The Morgan fingerprint density at radius 2 is 1.55 bits per heavy atom. The van der Waals surface area contributed by atoms with Crippen LogP contribution < -0.4 is 14.8 Å². The Kier molecular flexibility index (Phi) is 6.21. The van der Waals surface area contributed by atoms with Gasteiger partial charge in [-0.05, 0) is 66.7 Å². The van der Waals surface area contributed by atoms with Crippen LogP contribution in [0.5, 0.6) is 5.75 Å². The monoisotopic (exact) mass is 450 g/mol. The Morgan fingerprint density at radius 3 is 2.13 bits per heavy atom. The lowest BCUT2D eigenvalue weighted by Gasteiger charge is -2.12. The molecule has 0 unspecified atom stereocenters. The van der Waals surface area contributed by atoms with Crippen molar-refractivity contribution >= 4 is 27.3 Å². The first-order chi connectivity index (χ1) is 14.6. The molecule has 0 aliphatic carbocycles. The number of sulfonamides is 1. The molecule has 0 radical (unpaired) electrons. The van der Waals surface area contributed by atoms with E-state index in [-0.39, 0.29) is 10.6 Å². The summed E-state index contributed by atoms with van der Waals surface area (Å²) in [7, 11) is -2.62. The largest absolute Gasteiger partial charge is 0.497 e. The molecule has 0 bridgehead atoms. The van der Waals surface area contributed by atoms with Crippen molar-refractivity contribution in [1.82, 2.24) is 0 Å². The van der Waals surface area contributed by atoms with Crippen molar-refractivity contribution < 1.29 is 31.1 Å². The Bertz CT molecular complexity index is 1180. The second-order valence-corrected chi connectivity index (χ2v) is 8.07. The van der Waals surface area contributed by atoms with Crippen molar-refractivity contribution in [3.05, 3.63) is 83.9 Å². The highest BCUT2D eigenvalue weighted by Crippen LogP contribution is 2.31. The quantitative estimate of drug-likeness (QED) is 0.567. The third-order valence-electron chi connectivity index (χ3n) is 4.22. The van der Waals surface area contributed by atoms with Gasteiger partial charge in [0.15, 0.2) is 0 Å². The molecule has 0 atom stereocenters. The Balaban J connectivity index is 1.72. The molecule has 0 aliphatic rings. The number of rotatable bonds is 6. The molecule has 6 nitrogen and oxygen atoms in total. The van der Waals surface area contributed by atoms with E-state index in [2.05, 4.69) is 10.0 Å². The fraction of sp³-hybridized carbons (Fsp3) is 0.0952. The predicted molar refractivity (Wildman–Crippen MR) is 110 cm³/mol. The van der Waals surface area contributed by atoms with Gasteiger partial charge in [0.25, 0.3) is 15.9 Å². The van der Waals surface area contributed by atoms with Crippen molar-refractivity contribution in [3.8, 4) is 5.75 Å². The number of anilines is 2. The fourth-order valence-electron chi connectivity index (χ4n) is 2.64. The number of ether oxygens (including phenoxy) is 1. The molecule has 2 N–H and O–H groups in total. The second-order valence-electron chi connectivity index (χ2n) is 6.39. The van der Waals surface area contributed by atoms with Gasteiger partial charge in [0.2, 0.25) is 0 Å². The highest BCUT2D eigenvalue weighted by Gasteiger charge is 2.30.